The van der Waals surface area contributed by atoms with Crippen LogP contribution in [0.5, 0.6) is 0 Å². The molecule has 0 aliphatic carbocycles. The van der Waals surface area contributed by atoms with Crippen molar-refractivity contribution in [1.82, 2.24) is 0 Å². The van der Waals surface area contributed by atoms with Crippen LogP contribution in [0.25, 0.3) is 0 Å². The number of halogens is 1. The Morgan fingerprint density at radius 1 is 1.29 bits per heavy atom. The van der Waals surface area contributed by atoms with E-state index in [-0.39, 0.29) is 0 Å². The average Bonchev–Trinajstić information content (AvgIpc) is 2.20. The molecule has 0 saturated heterocycles. The number of hydrogen-bond acceptors (Lipinski definition) is 2. The smallest absolute Gasteiger partial charge is 0.0639 e. The highest BCUT2D eigenvalue weighted by Gasteiger charge is 1.95. The van der Waals surface area contributed by atoms with Crippen molar-refractivity contribution in [3.8, 4) is 0 Å². The third-order valence-corrected chi connectivity index (χ3v) is 2.48. The Hall–Kier alpha value is -0.540. The Morgan fingerprint density at radius 3 is 2.79 bits per heavy atom. The molecule has 3 heteroatoms. The molecule has 0 aliphatic heterocycles. The van der Waals surface area contributed by atoms with Gasteiger partial charge in [0.05, 0.1) is 6.61 Å². The molecule has 0 aliphatic rings. The van der Waals surface area contributed by atoms with Gasteiger partial charge in [0.25, 0.3) is 0 Å². The second-order valence-electron chi connectivity index (χ2n) is 3.02. The van der Waals surface area contributed by atoms with E-state index in [0.29, 0.717) is 0 Å². The molecule has 0 atom stereocenters. The highest BCUT2D eigenvalue weighted by atomic mass is 79.9. The maximum Gasteiger partial charge on any atom is 0.0639 e. The van der Waals surface area contributed by atoms with Gasteiger partial charge in [0, 0.05) is 23.3 Å². The molecule has 0 amide bonds. The van der Waals surface area contributed by atoms with E-state index in [2.05, 4.69) is 28.2 Å². The lowest BCUT2D eigenvalue weighted by molar-refractivity contribution is 0.144. The minimum Gasteiger partial charge on any atom is -0.382 e. The predicted molar refractivity (Wildman–Crippen MR) is 63.7 cm³/mol. The Labute approximate surface area is 93.8 Å². The first-order valence-electron chi connectivity index (χ1n) is 4.90. The second kappa shape index (κ2) is 6.85. The zero-order valence-electron chi connectivity index (χ0n) is 8.42. The van der Waals surface area contributed by atoms with Gasteiger partial charge in [-0.25, -0.2) is 0 Å². The van der Waals surface area contributed by atoms with E-state index in [9.17, 15) is 0 Å². The van der Waals surface area contributed by atoms with Crippen molar-refractivity contribution in [2.24, 2.45) is 0 Å². The molecule has 0 radical (unpaired) electrons. The molecular weight excluding hydrogens is 242 g/mol. The molecule has 1 aromatic rings. The van der Waals surface area contributed by atoms with Crippen LogP contribution < -0.4 is 5.32 Å². The van der Waals surface area contributed by atoms with Gasteiger partial charge in [0.15, 0.2) is 0 Å². The summed E-state index contributed by atoms with van der Waals surface area (Å²) in [4.78, 5) is 0. The van der Waals surface area contributed by atoms with E-state index >= 15 is 0 Å². The monoisotopic (exact) mass is 257 g/mol. The molecule has 1 N–H and O–H groups in total. The SMILES string of the molecule is CCCOCCNc1ccccc1Br. The van der Waals surface area contributed by atoms with Crippen LogP contribution in [0.2, 0.25) is 0 Å². The predicted octanol–water partition coefficient (Wildman–Crippen LogP) is 3.29. The summed E-state index contributed by atoms with van der Waals surface area (Å²) >= 11 is 3.48. The largest absolute Gasteiger partial charge is 0.382 e. The van der Waals surface area contributed by atoms with Gasteiger partial charge in [-0.1, -0.05) is 19.1 Å². The lowest BCUT2D eigenvalue weighted by Gasteiger charge is -2.08. The molecular formula is C11H16BrNO. The summed E-state index contributed by atoms with van der Waals surface area (Å²) in [5.41, 5.74) is 1.12. The molecule has 0 aromatic heterocycles. The Kier molecular flexibility index (Phi) is 5.64. The van der Waals surface area contributed by atoms with E-state index in [1.54, 1.807) is 0 Å². The summed E-state index contributed by atoms with van der Waals surface area (Å²) in [5, 5.41) is 3.30. The topological polar surface area (TPSA) is 21.3 Å². The molecule has 0 spiro atoms. The maximum absolute atomic E-state index is 5.37. The van der Waals surface area contributed by atoms with Crippen LogP contribution in [0.3, 0.4) is 0 Å². The molecule has 1 rings (SSSR count). The number of para-hydroxylation sites is 1. The van der Waals surface area contributed by atoms with Crippen molar-refractivity contribution >= 4 is 21.6 Å². The molecule has 0 saturated carbocycles. The van der Waals surface area contributed by atoms with E-state index in [0.717, 1.165) is 36.3 Å². The molecule has 14 heavy (non-hydrogen) atoms. The fraction of sp³-hybridized carbons (Fsp3) is 0.455. The molecule has 0 fully saturated rings. The van der Waals surface area contributed by atoms with Gasteiger partial charge in [-0.2, -0.15) is 0 Å². The standard InChI is InChI=1S/C11H16BrNO/c1-2-8-14-9-7-13-11-6-4-3-5-10(11)12/h3-6,13H,2,7-9H2,1H3. The number of nitrogens with one attached hydrogen (secondary N) is 1. The van der Waals surface area contributed by atoms with Gasteiger partial charge >= 0.3 is 0 Å². The van der Waals surface area contributed by atoms with E-state index in [1.807, 2.05) is 24.3 Å². The van der Waals surface area contributed by atoms with Crippen molar-refractivity contribution in [3.05, 3.63) is 28.7 Å². The van der Waals surface area contributed by atoms with Crippen LogP contribution in [0.1, 0.15) is 13.3 Å². The molecule has 78 valence electrons. The summed E-state index contributed by atoms with van der Waals surface area (Å²) in [6.45, 7) is 4.57. The van der Waals surface area contributed by atoms with Crippen LogP contribution >= 0.6 is 15.9 Å². The van der Waals surface area contributed by atoms with Gasteiger partial charge in [-0.3, -0.25) is 0 Å². The number of benzene rings is 1. The summed E-state index contributed by atoms with van der Waals surface area (Å²) < 4.78 is 6.46. The lowest BCUT2D eigenvalue weighted by Crippen LogP contribution is -2.09. The molecule has 1 aromatic carbocycles. The number of hydrogen-bond donors (Lipinski definition) is 1. The van der Waals surface area contributed by atoms with Crippen LogP contribution in [0.15, 0.2) is 28.7 Å². The Balaban J connectivity index is 2.21. The van der Waals surface area contributed by atoms with Crippen molar-refractivity contribution in [1.29, 1.82) is 0 Å². The molecule has 0 bridgehead atoms. The highest BCUT2D eigenvalue weighted by molar-refractivity contribution is 9.10. The summed E-state index contributed by atoms with van der Waals surface area (Å²) in [6.07, 6.45) is 1.08. The Morgan fingerprint density at radius 2 is 2.07 bits per heavy atom. The van der Waals surface area contributed by atoms with Crippen molar-refractivity contribution in [2.45, 2.75) is 13.3 Å². The quantitative estimate of drug-likeness (QED) is 0.790. The van der Waals surface area contributed by atoms with E-state index in [4.69, 9.17) is 4.74 Å². The minimum absolute atomic E-state index is 0.759. The first-order valence-corrected chi connectivity index (χ1v) is 5.70. The third-order valence-electron chi connectivity index (χ3n) is 1.78. The van der Waals surface area contributed by atoms with Crippen LogP contribution in [0, 0.1) is 0 Å². The van der Waals surface area contributed by atoms with Gasteiger partial charge in [-0.15, -0.1) is 0 Å². The second-order valence-corrected chi connectivity index (χ2v) is 3.87. The zero-order chi connectivity index (χ0) is 10.2. The average molecular weight is 258 g/mol. The molecule has 2 nitrogen and oxygen atoms in total. The first-order chi connectivity index (χ1) is 6.84. The minimum atomic E-state index is 0.759. The first kappa shape index (κ1) is 11.5. The van der Waals surface area contributed by atoms with Gasteiger partial charge < -0.3 is 10.1 Å². The molecule has 0 heterocycles. The Bertz CT molecular complexity index is 265. The van der Waals surface area contributed by atoms with Crippen molar-refractivity contribution < 1.29 is 4.74 Å². The van der Waals surface area contributed by atoms with Crippen molar-refractivity contribution in [2.75, 3.05) is 25.1 Å². The van der Waals surface area contributed by atoms with Crippen LogP contribution in [-0.4, -0.2) is 19.8 Å². The summed E-state index contributed by atoms with van der Waals surface area (Å²) in [6, 6.07) is 8.09. The third kappa shape index (κ3) is 4.11. The number of anilines is 1. The number of rotatable bonds is 6. The zero-order valence-corrected chi connectivity index (χ0v) is 10.0. The summed E-state index contributed by atoms with van der Waals surface area (Å²) in [5.74, 6) is 0. The van der Waals surface area contributed by atoms with Gasteiger partial charge in [0.1, 0.15) is 0 Å². The van der Waals surface area contributed by atoms with Crippen LogP contribution in [0.4, 0.5) is 5.69 Å². The number of ether oxygens (including phenoxy) is 1. The lowest BCUT2D eigenvalue weighted by atomic mass is 10.3. The van der Waals surface area contributed by atoms with E-state index in [1.165, 1.54) is 0 Å². The van der Waals surface area contributed by atoms with Crippen LogP contribution in [-0.2, 0) is 4.74 Å². The maximum atomic E-state index is 5.37. The van der Waals surface area contributed by atoms with Gasteiger partial charge in [0.2, 0.25) is 0 Å². The van der Waals surface area contributed by atoms with E-state index < -0.39 is 0 Å². The fourth-order valence-electron chi connectivity index (χ4n) is 1.11. The highest BCUT2D eigenvalue weighted by Crippen LogP contribution is 2.20. The van der Waals surface area contributed by atoms with Gasteiger partial charge in [-0.05, 0) is 34.5 Å². The summed E-state index contributed by atoms with van der Waals surface area (Å²) in [7, 11) is 0. The molecule has 0 unspecified atom stereocenters. The van der Waals surface area contributed by atoms with Crippen molar-refractivity contribution in [3.63, 3.8) is 0 Å². The normalized spacial score (nSPS) is 10.1. The fourth-order valence-corrected chi connectivity index (χ4v) is 1.53.